The lowest BCUT2D eigenvalue weighted by atomic mass is 10.1. The van der Waals surface area contributed by atoms with E-state index in [4.69, 9.17) is 16.0 Å². The van der Waals surface area contributed by atoms with Gasteiger partial charge in [-0.15, -0.1) is 0 Å². The molecule has 3 rings (SSSR count). The maximum absolute atomic E-state index is 13.9. The molecule has 1 N–H and O–H groups in total. The van der Waals surface area contributed by atoms with Crippen LogP contribution < -0.4 is 10.9 Å². The SMILES string of the molecule is Cc1cc2oc(=O)cc(CN[C@H](C)c3ccc(F)cc3F)c2cc1Cl. The van der Waals surface area contributed by atoms with Crippen molar-refractivity contribution in [2.75, 3.05) is 0 Å². The minimum Gasteiger partial charge on any atom is -0.423 e. The first kappa shape index (κ1) is 17.6. The van der Waals surface area contributed by atoms with E-state index in [9.17, 15) is 13.6 Å². The highest BCUT2D eigenvalue weighted by Crippen LogP contribution is 2.26. The Morgan fingerprint density at radius 1 is 1.20 bits per heavy atom. The number of rotatable bonds is 4. The number of fused-ring (bicyclic) bond motifs is 1. The fourth-order valence-electron chi connectivity index (χ4n) is 2.72. The fraction of sp³-hybridized carbons (Fsp3) is 0.211. The molecule has 3 nitrogen and oxygen atoms in total. The van der Waals surface area contributed by atoms with Crippen molar-refractivity contribution < 1.29 is 13.2 Å². The number of hydrogen-bond acceptors (Lipinski definition) is 3. The van der Waals surface area contributed by atoms with Gasteiger partial charge in [-0.2, -0.15) is 0 Å². The normalized spacial score (nSPS) is 12.5. The second kappa shape index (κ2) is 6.94. The largest absolute Gasteiger partial charge is 0.423 e. The zero-order chi connectivity index (χ0) is 18.1. The van der Waals surface area contributed by atoms with E-state index in [1.807, 2.05) is 6.92 Å². The van der Waals surface area contributed by atoms with E-state index in [0.717, 1.165) is 17.0 Å². The summed E-state index contributed by atoms with van der Waals surface area (Å²) in [5.74, 6) is -1.23. The molecular formula is C19H16ClF2NO2. The zero-order valence-corrected chi connectivity index (χ0v) is 14.5. The van der Waals surface area contributed by atoms with Gasteiger partial charge in [0, 0.05) is 40.7 Å². The van der Waals surface area contributed by atoms with Crippen LogP contribution in [-0.4, -0.2) is 0 Å². The summed E-state index contributed by atoms with van der Waals surface area (Å²) in [5.41, 5.74) is 1.84. The summed E-state index contributed by atoms with van der Waals surface area (Å²) in [4.78, 5) is 11.8. The molecule has 0 bridgehead atoms. The van der Waals surface area contributed by atoms with Gasteiger partial charge in [0.1, 0.15) is 17.2 Å². The Labute approximate surface area is 148 Å². The van der Waals surface area contributed by atoms with Crippen LogP contribution in [0.3, 0.4) is 0 Å². The molecule has 3 aromatic rings. The maximum atomic E-state index is 13.9. The quantitative estimate of drug-likeness (QED) is 0.671. The molecule has 25 heavy (non-hydrogen) atoms. The highest BCUT2D eigenvalue weighted by atomic mass is 35.5. The van der Waals surface area contributed by atoms with Crippen LogP contribution in [0.5, 0.6) is 0 Å². The predicted octanol–water partition coefficient (Wildman–Crippen LogP) is 4.88. The first-order valence-electron chi connectivity index (χ1n) is 7.76. The van der Waals surface area contributed by atoms with E-state index >= 15 is 0 Å². The number of benzene rings is 2. The summed E-state index contributed by atoms with van der Waals surface area (Å²) in [7, 11) is 0. The second-order valence-electron chi connectivity index (χ2n) is 5.96. The van der Waals surface area contributed by atoms with Gasteiger partial charge in [0.2, 0.25) is 0 Å². The molecule has 0 saturated heterocycles. The Balaban J connectivity index is 1.90. The van der Waals surface area contributed by atoms with Crippen molar-refractivity contribution in [3.05, 3.63) is 80.2 Å². The Morgan fingerprint density at radius 2 is 1.96 bits per heavy atom. The lowest BCUT2D eigenvalue weighted by Gasteiger charge is -2.16. The maximum Gasteiger partial charge on any atom is 0.336 e. The van der Waals surface area contributed by atoms with Crippen molar-refractivity contribution in [3.8, 4) is 0 Å². The molecule has 6 heteroatoms. The summed E-state index contributed by atoms with van der Waals surface area (Å²) in [6.07, 6.45) is 0. The van der Waals surface area contributed by atoms with Crippen molar-refractivity contribution >= 4 is 22.6 Å². The first-order valence-corrected chi connectivity index (χ1v) is 8.14. The van der Waals surface area contributed by atoms with Crippen molar-refractivity contribution in [2.45, 2.75) is 26.4 Å². The highest BCUT2D eigenvalue weighted by Gasteiger charge is 2.13. The Hall–Kier alpha value is -2.24. The molecule has 1 aromatic heterocycles. The van der Waals surface area contributed by atoms with Gasteiger partial charge >= 0.3 is 5.63 Å². The zero-order valence-electron chi connectivity index (χ0n) is 13.7. The van der Waals surface area contributed by atoms with E-state index in [2.05, 4.69) is 5.32 Å². The molecule has 0 spiro atoms. The minimum atomic E-state index is -0.620. The van der Waals surface area contributed by atoms with Crippen LogP contribution in [0.2, 0.25) is 5.02 Å². The van der Waals surface area contributed by atoms with E-state index in [0.29, 0.717) is 28.3 Å². The molecule has 0 radical (unpaired) electrons. The van der Waals surface area contributed by atoms with Crippen LogP contribution in [0.15, 0.2) is 45.6 Å². The van der Waals surface area contributed by atoms with Crippen molar-refractivity contribution in [1.82, 2.24) is 5.32 Å². The van der Waals surface area contributed by atoms with Gasteiger partial charge in [0.25, 0.3) is 0 Å². The molecule has 0 saturated carbocycles. The number of nitrogens with one attached hydrogen (secondary N) is 1. The van der Waals surface area contributed by atoms with Gasteiger partial charge in [-0.3, -0.25) is 0 Å². The molecule has 1 atom stereocenters. The summed E-state index contributed by atoms with van der Waals surface area (Å²) in [6, 6.07) is 7.94. The highest BCUT2D eigenvalue weighted by molar-refractivity contribution is 6.32. The van der Waals surface area contributed by atoms with E-state index < -0.39 is 17.3 Å². The molecule has 2 aromatic carbocycles. The van der Waals surface area contributed by atoms with Crippen LogP contribution in [0.1, 0.15) is 29.7 Å². The number of halogens is 3. The van der Waals surface area contributed by atoms with Crippen molar-refractivity contribution in [3.63, 3.8) is 0 Å². The molecular weight excluding hydrogens is 348 g/mol. The van der Waals surface area contributed by atoms with Gasteiger partial charge in [0.05, 0.1) is 0 Å². The molecule has 0 fully saturated rings. The van der Waals surface area contributed by atoms with E-state index in [1.165, 1.54) is 18.2 Å². The molecule has 0 amide bonds. The van der Waals surface area contributed by atoms with Crippen LogP contribution in [0.4, 0.5) is 8.78 Å². The minimum absolute atomic E-state index is 0.305. The number of aryl methyl sites for hydroxylation is 1. The van der Waals surface area contributed by atoms with Gasteiger partial charge in [-0.25, -0.2) is 13.6 Å². The first-order chi connectivity index (χ1) is 11.8. The van der Waals surface area contributed by atoms with E-state index in [1.54, 1.807) is 19.1 Å². The second-order valence-corrected chi connectivity index (χ2v) is 6.36. The summed E-state index contributed by atoms with van der Waals surface area (Å²) in [5, 5.41) is 4.43. The Bertz CT molecular complexity index is 1000. The Morgan fingerprint density at radius 3 is 2.68 bits per heavy atom. The van der Waals surface area contributed by atoms with Gasteiger partial charge < -0.3 is 9.73 Å². The molecule has 130 valence electrons. The lowest BCUT2D eigenvalue weighted by molar-refractivity contribution is 0.515. The third-order valence-corrected chi connectivity index (χ3v) is 4.54. The molecule has 0 aliphatic rings. The summed E-state index contributed by atoms with van der Waals surface area (Å²) < 4.78 is 32.1. The number of hydrogen-bond donors (Lipinski definition) is 1. The summed E-state index contributed by atoms with van der Waals surface area (Å²) in [6.45, 7) is 3.90. The van der Waals surface area contributed by atoms with Gasteiger partial charge in [-0.05, 0) is 43.2 Å². The smallest absolute Gasteiger partial charge is 0.336 e. The van der Waals surface area contributed by atoms with Crippen molar-refractivity contribution in [1.29, 1.82) is 0 Å². The molecule has 1 heterocycles. The van der Waals surface area contributed by atoms with Gasteiger partial charge in [-0.1, -0.05) is 17.7 Å². The standard InChI is InChI=1S/C19H16ClF2NO2/c1-10-5-18-15(8-16(10)20)12(6-19(24)25-18)9-23-11(2)14-4-3-13(21)7-17(14)22/h3-8,11,23H,9H2,1-2H3/t11-/m1/s1. The monoisotopic (exact) mass is 363 g/mol. The molecule has 0 unspecified atom stereocenters. The molecule has 0 aliphatic carbocycles. The average molecular weight is 364 g/mol. The van der Waals surface area contributed by atoms with Gasteiger partial charge in [0.15, 0.2) is 0 Å². The predicted molar refractivity (Wildman–Crippen MR) is 93.8 cm³/mol. The van der Waals surface area contributed by atoms with E-state index in [-0.39, 0.29) is 6.04 Å². The third-order valence-electron chi connectivity index (χ3n) is 4.14. The molecule has 0 aliphatic heterocycles. The Kier molecular flexibility index (Phi) is 4.88. The third kappa shape index (κ3) is 3.72. The van der Waals surface area contributed by atoms with Crippen LogP contribution in [-0.2, 0) is 6.54 Å². The topological polar surface area (TPSA) is 42.2 Å². The van der Waals surface area contributed by atoms with Crippen molar-refractivity contribution in [2.24, 2.45) is 0 Å². The van der Waals surface area contributed by atoms with Crippen LogP contribution in [0.25, 0.3) is 11.0 Å². The lowest BCUT2D eigenvalue weighted by Crippen LogP contribution is -2.20. The summed E-state index contributed by atoms with van der Waals surface area (Å²) >= 11 is 6.17. The average Bonchev–Trinajstić information content (AvgIpc) is 2.54. The van der Waals surface area contributed by atoms with Crippen LogP contribution >= 0.6 is 11.6 Å². The van der Waals surface area contributed by atoms with Crippen LogP contribution in [0, 0.1) is 18.6 Å². The fourth-order valence-corrected chi connectivity index (χ4v) is 2.88.